The molecule has 0 unspecified atom stereocenters. The molecule has 108 valence electrons. The predicted octanol–water partition coefficient (Wildman–Crippen LogP) is 2.47. The van der Waals surface area contributed by atoms with E-state index in [0.717, 1.165) is 48.2 Å². The average molecular weight is 299 g/mol. The van der Waals surface area contributed by atoms with Crippen LogP contribution in [0.2, 0.25) is 0 Å². The Balaban J connectivity index is 1.48. The zero-order valence-electron chi connectivity index (χ0n) is 12.0. The molecule has 0 aliphatic carbocycles. The molecule has 3 aromatic rings. The van der Waals surface area contributed by atoms with Crippen molar-refractivity contribution in [2.24, 2.45) is 0 Å². The summed E-state index contributed by atoms with van der Waals surface area (Å²) in [4.78, 5) is 6.95. The van der Waals surface area contributed by atoms with E-state index in [2.05, 4.69) is 49.9 Å². The Labute approximate surface area is 127 Å². The van der Waals surface area contributed by atoms with Crippen molar-refractivity contribution < 1.29 is 0 Å². The fraction of sp³-hybridized carbons (Fsp3) is 0.400. The first-order valence-corrected chi connectivity index (χ1v) is 8.05. The van der Waals surface area contributed by atoms with Gasteiger partial charge < -0.3 is 4.57 Å². The summed E-state index contributed by atoms with van der Waals surface area (Å²) in [7, 11) is 2.11. The van der Waals surface area contributed by atoms with Crippen LogP contribution in [0.5, 0.6) is 0 Å². The Kier molecular flexibility index (Phi) is 3.20. The first-order valence-electron chi connectivity index (χ1n) is 7.23. The highest BCUT2D eigenvalue weighted by molar-refractivity contribution is 7.18. The molecule has 1 aliphatic rings. The second kappa shape index (κ2) is 5.20. The Morgan fingerprint density at radius 3 is 3.05 bits per heavy atom. The zero-order chi connectivity index (χ0) is 14.2. The van der Waals surface area contributed by atoms with Crippen LogP contribution in [-0.2, 0) is 26.1 Å². The standard InChI is InChI=1S/C15H17N5S/c1-19(9-14-18-17-13-7-4-8-20(13)14)10-15-16-11-5-2-3-6-12(11)21-15/h2-3,5-6H,4,7-10H2,1H3. The largest absolute Gasteiger partial charge is 0.314 e. The summed E-state index contributed by atoms with van der Waals surface area (Å²) in [6.07, 6.45) is 2.26. The van der Waals surface area contributed by atoms with Gasteiger partial charge in [0.25, 0.3) is 0 Å². The molecule has 6 heteroatoms. The van der Waals surface area contributed by atoms with Crippen molar-refractivity contribution in [2.75, 3.05) is 7.05 Å². The smallest absolute Gasteiger partial charge is 0.147 e. The van der Waals surface area contributed by atoms with Gasteiger partial charge >= 0.3 is 0 Å². The summed E-state index contributed by atoms with van der Waals surface area (Å²) >= 11 is 1.77. The van der Waals surface area contributed by atoms with Gasteiger partial charge in [-0.05, 0) is 25.6 Å². The summed E-state index contributed by atoms with van der Waals surface area (Å²) in [6.45, 7) is 2.73. The number of hydrogen-bond donors (Lipinski definition) is 0. The minimum absolute atomic E-state index is 0.822. The maximum Gasteiger partial charge on any atom is 0.147 e. The fourth-order valence-electron chi connectivity index (χ4n) is 2.84. The summed E-state index contributed by atoms with van der Waals surface area (Å²) < 4.78 is 3.51. The molecule has 0 saturated carbocycles. The van der Waals surface area contributed by atoms with Gasteiger partial charge in [-0.25, -0.2) is 4.98 Å². The van der Waals surface area contributed by atoms with Crippen LogP contribution in [0.3, 0.4) is 0 Å². The molecular formula is C15H17N5S. The molecule has 0 saturated heterocycles. The molecule has 21 heavy (non-hydrogen) atoms. The van der Waals surface area contributed by atoms with Crippen molar-refractivity contribution in [2.45, 2.75) is 32.5 Å². The van der Waals surface area contributed by atoms with Crippen LogP contribution in [0.15, 0.2) is 24.3 Å². The number of benzene rings is 1. The van der Waals surface area contributed by atoms with Crippen molar-refractivity contribution in [3.8, 4) is 0 Å². The van der Waals surface area contributed by atoms with E-state index in [1.165, 1.54) is 11.1 Å². The third-order valence-electron chi connectivity index (χ3n) is 3.84. The number of thiazole rings is 1. The lowest BCUT2D eigenvalue weighted by Crippen LogP contribution is -2.19. The normalized spacial score (nSPS) is 14.2. The van der Waals surface area contributed by atoms with E-state index < -0.39 is 0 Å². The summed E-state index contributed by atoms with van der Waals surface area (Å²) in [5, 5.41) is 9.73. The number of hydrogen-bond acceptors (Lipinski definition) is 5. The van der Waals surface area contributed by atoms with Crippen LogP contribution in [0.1, 0.15) is 23.1 Å². The molecule has 5 nitrogen and oxygen atoms in total. The van der Waals surface area contributed by atoms with E-state index >= 15 is 0 Å². The first kappa shape index (κ1) is 12.9. The highest BCUT2D eigenvalue weighted by Crippen LogP contribution is 2.23. The number of rotatable bonds is 4. The third-order valence-corrected chi connectivity index (χ3v) is 4.86. The molecule has 1 aromatic carbocycles. The Bertz CT molecular complexity index is 742. The number of fused-ring (bicyclic) bond motifs is 2. The zero-order valence-corrected chi connectivity index (χ0v) is 12.8. The van der Waals surface area contributed by atoms with Crippen molar-refractivity contribution in [1.82, 2.24) is 24.6 Å². The second-order valence-electron chi connectivity index (χ2n) is 5.54. The van der Waals surface area contributed by atoms with Gasteiger partial charge in [0.15, 0.2) is 0 Å². The summed E-state index contributed by atoms with van der Waals surface area (Å²) in [5.41, 5.74) is 1.09. The second-order valence-corrected chi connectivity index (χ2v) is 6.65. The van der Waals surface area contributed by atoms with Gasteiger partial charge in [0.1, 0.15) is 16.7 Å². The van der Waals surface area contributed by atoms with Gasteiger partial charge in [-0.15, -0.1) is 21.5 Å². The lowest BCUT2D eigenvalue weighted by Gasteiger charge is -2.14. The average Bonchev–Trinajstić information content (AvgIpc) is 3.14. The summed E-state index contributed by atoms with van der Waals surface area (Å²) in [6, 6.07) is 8.30. The highest BCUT2D eigenvalue weighted by atomic mass is 32.1. The molecule has 0 radical (unpaired) electrons. The number of nitrogens with zero attached hydrogens (tertiary/aromatic N) is 5. The fourth-order valence-corrected chi connectivity index (χ4v) is 3.89. The molecule has 0 bridgehead atoms. The van der Waals surface area contributed by atoms with Crippen LogP contribution >= 0.6 is 11.3 Å². The molecule has 0 atom stereocenters. The van der Waals surface area contributed by atoms with E-state index in [1.54, 1.807) is 11.3 Å². The third kappa shape index (κ3) is 2.45. The molecule has 4 rings (SSSR count). The van der Waals surface area contributed by atoms with Gasteiger partial charge in [0, 0.05) is 13.0 Å². The molecule has 3 heterocycles. The molecule has 0 amide bonds. The van der Waals surface area contributed by atoms with Crippen molar-refractivity contribution in [3.63, 3.8) is 0 Å². The monoisotopic (exact) mass is 299 g/mol. The number of aromatic nitrogens is 4. The summed E-state index contributed by atoms with van der Waals surface area (Å²) in [5.74, 6) is 2.21. The van der Waals surface area contributed by atoms with E-state index in [-0.39, 0.29) is 0 Å². The molecule has 0 fully saturated rings. The highest BCUT2D eigenvalue weighted by Gasteiger charge is 2.18. The number of para-hydroxylation sites is 1. The molecule has 1 aliphatic heterocycles. The Morgan fingerprint density at radius 2 is 2.14 bits per heavy atom. The van der Waals surface area contributed by atoms with E-state index in [9.17, 15) is 0 Å². The molecule has 0 spiro atoms. The van der Waals surface area contributed by atoms with E-state index in [0.29, 0.717) is 0 Å². The van der Waals surface area contributed by atoms with Crippen molar-refractivity contribution in [3.05, 3.63) is 40.9 Å². The lowest BCUT2D eigenvalue weighted by molar-refractivity contribution is 0.305. The maximum absolute atomic E-state index is 4.69. The maximum atomic E-state index is 4.69. The molecule has 2 aromatic heterocycles. The van der Waals surface area contributed by atoms with Gasteiger partial charge in [0.2, 0.25) is 0 Å². The van der Waals surface area contributed by atoms with Crippen LogP contribution in [0.25, 0.3) is 10.2 Å². The minimum Gasteiger partial charge on any atom is -0.314 e. The molecule has 0 N–H and O–H groups in total. The number of aryl methyl sites for hydroxylation is 1. The van der Waals surface area contributed by atoms with Crippen molar-refractivity contribution >= 4 is 21.6 Å². The quantitative estimate of drug-likeness (QED) is 0.742. The van der Waals surface area contributed by atoms with Crippen LogP contribution < -0.4 is 0 Å². The minimum atomic E-state index is 0.822. The first-order chi connectivity index (χ1) is 10.3. The molecular weight excluding hydrogens is 282 g/mol. The predicted molar refractivity (Wildman–Crippen MR) is 83.1 cm³/mol. The van der Waals surface area contributed by atoms with Gasteiger partial charge in [0.05, 0.1) is 23.3 Å². The van der Waals surface area contributed by atoms with Crippen LogP contribution in [-0.4, -0.2) is 31.7 Å². The lowest BCUT2D eigenvalue weighted by atomic mass is 10.3. The Hall–Kier alpha value is -1.79. The van der Waals surface area contributed by atoms with Gasteiger partial charge in [-0.3, -0.25) is 4.90 Å². The SMILES string of the molecule is CN(Cc1nc2ccccc2s1)Cc1nnc2n1CCC2. The van der Waals surface area contributed by atoms with Gasteiger partial charge in [-0.2, -0.15) is 0 Å². The van der Waals surface area contributed by atoms with Crippen molar-refractivity contribution in [1.29, 1.82) is 0 Å². The topological polar surface area (TPSA) is 46.8 Å². The van der Waals surface area contributed by atoms with Crippen LogP contribution in [0.4, 0.5) is 0 Å². The van der Waals surface area contributed by atoms with Gasteiger partial charge in [-0.1, -0.05) is 12.1 Å². The van der Waals surface area contributed by atoms with E-state index in [1.807, 2.05) is 6.07 Å². The Morgan fingerprint density at radius 1 is 1.24 bits per heavy atom. The van der Waals surface area contributed by atoms with Crippen LogP contribution in [0, 0.1) is 0 Å². The van der Waals surface area contributed by atoms with E-state index in [4.69, 9.17) is 0 Å².